The molecular weight excluding hydrogens is 458 g/mol. The number of benzene rings is 1. The maximum absolute atomic E-state index is 12.9. The van der Waals surface area contributed by atoms with Crippen molar-refractivity contribution in [3.63, 3.8) is 0 Å². The number of nitrogens with one attached hydrogen (secondary N) is 1. The maximum Gasteiger partial charge on any atom is 0.262 e. The van der Waals surface area contributed by atoms with Gasteiger partial charge in [0.05, 0.1) is 57.4 Å². The predicted octanol–water partition coefficient (Wildman–Crippen LogP) is 0.0455. The summed E-state index contributed by atoms with van der Waals surface area (Å²) >= 11 is 0. The number of nitrogens with zero attached hydrogens (tertiary/aromatic N) is 1. The average Bonchev–Trinajstić information content (AvgIpc) is 3.09. The van der Waals surface area contributed by atoms with Gasteiger partial charge in [-0.15, -0.1) is 0 Å². The van der Waals surface area contributed by atoms with Crippen molar-refractivity contribution in [1.82, 2.24) is 10.2 Å². The normalized spacial score (nSPS) is 17.7. The van der Waals surface area contributed by atoms with Gasteiger partial charge in [-0.1, -0.05) is 6.07 Å². The van der Waals surface area contributed by atoms with E-state index in [4.69, 9.17) is 24.7 Å². The van der Waals surface area contributed by atoms with Crippen molar-refractivity contribution in [1.29, 1.82) is 0 Å². The van der Waals surface area contributed by atoms with Crippen molar-refractivity contribution in [2.45, 2.75) is 31.7 Å². The van der Waals surface area contributed by atoms with Crippen LogP contribution in [0, 0.1) is 0 Å². The van der Waals surface area contributed by atoms with E-state index in [1.54, 1.807) is 12.1 Å². The van der Waals surface area contributed by atoms with E-state index in [2.05, 4.69) is 5.32 Å². The van der Waals surface area contributed by atoms with Gasteiger partial charge in [0.15, 0.2) is 0 Å². The molecule has 4 amide bonds. The topological polar surface area (TPSA) is 146 Å². The summed E-state index contributed by atoms with van der Waals surface area (Å²) in [5.74, 6) is -2.01. The molecule has 0 bridgehead atoms. The second-order valence-electron chi connectivity index (χ2n) is 8.17. The van der Waals surface area contributed by atoms with E-state index in [0.717, 1.165) is 16.9 Å². The van der Waals surface area contributed by atoms with Crippen LogP contribution in [0.15, 0.2) is 18.2 Å². The molecule has 0 saturated carbocycles. The molecule has 2 aliphatic rings. The number of piperidine rings is 1. The molecule has 0 aromatic heterocycles. The number of rotatable bonds is 16. The minimum absolute atomic E-state index is 0.0962. The zero-order chi connectivity index (χ0) is 25.0. The zero-order valence-corrected chi connectivity index (χ0v) is 19.8. The Balaban J connectivity index is 1.31. The fraction of sp³-hybridized carbons (Fsp3) is 0.583. The van der Waals surface area contributed by atoms with Crippen LogP contribution in [-0.2, 0) is 35.0 Å². The molecule has 2 heterocycles. The summed E-state index contributed by atoms with van der Waals surface area (Å²) in [5, 5.41) is 2.19. The summed E-state index contributed by atoms with van der Waals surface area (Å²) in [5.41, 5.74) is 6.80. The number of carbonyl (C=O) groups is 4. The van der Waals surface area contributed by atoms with Crippen LogP contribution in [-0.4, -0.2) is 94.0 Å². The minimum Gasteiger partial charge on any atom is -0.379 e. The fourth-order valence-corrected chi connectivity index (χ4v) is 3.90. The summed E-state index contributed by atoms with van der Waals surface area (Å²) in [6.07, 6.45) is 1.65. The van der Waals surface area contributed by atoms with E-state index in [-0.39, 0.29) is 18.4 Å². The van der Waals surface area contributed by atoms with Gasteiger partial charge in [0.25, 0.3) is 11.8 Å². The Kier molecular flexibility index (Phi) is 10.8. The number of amides is 4. The standard InChI is InChI=1S/C24H33N3O8/c25-7-9-33-11-13-35-15-14-34-12-10-32-8-1-2-17-3-4-18-19(16-17)24(31)27(23(18)30)20-5-6-21(28)26-22(20)29/h3-4,16,20H,1-2,5-15,25H2,(H,26,28,29). The van der Waals surface area contributed by atoms with Gasteiger partial charge in [-0.2, -0.15) is 0 Å². The first-order valence-corrected chi connectivity index (χ1v) is 11.9. The molecule has 1 atom stereocenters. The van der Waals surface area contributed by atoms with E-state index in [1.165, 1.54) is 0 Å². The van der Waals surface area contributed by atoms with Gasteiger partial charge in [0, 0.05) is 19.6 Å². The van der Waals surface area contributed by atoms with Gasteiger partial charge in [-0.3, -0.25) is 29.4 Å². The SMILES string of the molecule is NCCOCCOCCOCCOCCCc1ccc2c(c1)C(=O)N(C1CCC(=O)NC1=O)C2=O. The lowest BCUT2D eigenvalue weighted by Gasteiger charge is -2.27. The highest BCUT2D eigenvalue weighted by atomic mass is 16.6. The van der Waals surface area contributed by atoms with Crippen molar-refractivity contribution in [3.05, 3.63) is 34.9 Å². The first-order chi connectivity index (χ1) is 17.0. The molecule has 2 aliphatic heterocycles. The Morgan fingerprint density at radius 1 is 0.829 bits per heavy atom. The van der Waals surface area contributed by atoms with E-state index < -0.39 is 29.7 Å². The lowest BCUT2D eigenvalue weighted by Crippen LogP contribution is -2.54. The number of carbonyl (C=O) groups excluding carboxylic acids is 4. The summed E-state index contributed by atoms with van der Waals surface area (Å²) in [4.78, 5) is 50.1. The third-order valence-corrected chi connectivity index (χ3v) is 5.64. The molecule has 35 heavy (non-hydrogen) atoms. The molecular formula is C24H33N3O8. The van der Waals surface area contributed by atoms with E-state index >= 15 is 0 Å². The second-order valence-corrected chi connectivity index (χ2v) is 8.17. The molecule has 11 heteroatoms. The van der Waals surface area contributed by atoms with Crippen LogP contribution >= 0.6 is 0 Å². The van der Waals surface area contributed by atoms with Crippen LogP contribution in [0.4, 0.5) is 0 Å². The third kappa shape index (κ3) is 7.64. The highest BCUT2D eigenvalue weighted by molar-refractivity contribution is 6.23. The summed E-state index contributed by atoms with van der Waals surface area (Å²) in [6.45, 7) is 4.52. The summed E-state index contributed by atoms with van der Waals surface area (Å²) in [6, 6.07) is 4.17. The molecule has 0 spiro atoms. The van der Waals surface area contributed by atoms with Crippen molar-refractivity contribution in [3.8, 4) is 0 Å². The molecule has 0 aliphatic carbocycles. The minimum atomic E-state index is -0.957. The Morgan fingerprint density at radius 3 is 2.06 bits per heavy atom. The molecule has 1 saturated heterocycles. The number of fused-ring (bicyclic) bond motifs is 1. The van der Waals surface area contributed by atoms with Gasteiger partial charge in [-0.25, -0.2) is 0 Å². The number of hydrogen-bond acceptors (Lipinski definition) is 9. The first kappa shape index (κ1) is 26.9. The molecule has 1 fully saturated rings. The van der Waals surface area contributed by atoms with Gasteiger partial charge in [-0.05, 0) is 37.0 Å². The predicted molar refractivity (Wildman–Crippen MR) is 124 cm³/mol. The molecule has 192 valence electrons. The van der Waals surface area contributed by atoms with Crippen LogP contribution in [0.3, 0.4) is 0 Å². The van der Waals surface area contributed by atoms with Gasteiger partial charge in [0.2, 0.25) is 11.8 Å². The van der Waals surface area contributed by atoms with Crippen LogP contribution in [0.2, 0.25) is 0 Å². The number of aryl methyl sites for hydroxylation is 1. The lowest BCUT2D eigenvalue weighted by atomic mass is 10.0. The molecule has 3 N–H and O–H groups in total. The summed E-state index contributed by atoms with van der Waals surface area (Å²) < 4.78 is 21.6. The first-order valence-electron chi connectivity index (χ1n) is 11.9. The highest BCUT2D eigenvalue weighted by Crippen LogP contribution is 2.28. The Morgan fingerprint density at radius 2 is 1.43 bits per heavy atom. The second kappa shape index (κ2) is 14.0. The van der Waals surface area contributed by atoms with Crippen molar-refractivity contribution < 1.29 is 38.1 Å². The van der Waals surface area contributed by atoms with E-state index in [1.807, 2.05) is 6.07 Å². The molecule has 3 rings (SSSR count). The van der Waals surface area contributed by atoms with E-state index in [9.17, 15) is 19.2 Å². The average molecular weight is 492 g/mol. The van der Waals surface area contributed by atoms with Gasteiger partial charge >= 0.3 is 0 Å². The third-order valence-electron chi connectivity index (χ3n) is 5.64. The largest absolute Gasteiger partial charge is 0.379 e. The number of hydrogen-bond donors (Lipinski definition) is 2. The monoisotopic (exact) mass is 491 g/mol. The molecule has 1 unspecified atom stereocenters. The smallest absolute Gasteiger partial charge is 0.262 e. The number of nitrogens with two attached hydrogens (primary N) is 1. The van der Waals surface area contributed by atoms with Crippen LogP contribution in [0.25, 0.3) is 0 Å². The molecule has 11 nitrogen and oxygen atoms in total. The van der Waals surface area contributed by atoms with E-state index in [0.29, 0.717) is 71.4 Å². The van der Waals surface area contributed by atoms with Gasteiger partial charge < -0.3 is 24.7 Å². The van der Waals surface area contributed by atoms with Crippen LogP contribution in [0.5, 0.6) is 0 Å². The Labute approximate surface area is 204 Å². The number of imide groups is 2. The fourth-order valence-electron chi connectivity index (χ4n) is 3.90. The van der Waals surface area contributed by atoms with Crippen molar-refractivity contribution in [2.75, 3.05) is 59.4 Å². The van der Waals surface area contributed by atoms with Crippen molar-refractivity contribution in [2.24, 2.45) is 5.73 Å². The molecule has 0 radical (unpaired) electrons. The summed E-state index contributed by atoms with van der Waals surface area (Å²) in [7, 11) is 0. The molecule has 1 aromatic carbocycles. The maximum atomic E-state index is 12.9. The molecule has 1 aromatic rings. The number of ether oxygens (including phenoxy) is 4. The Bertz CT molecular complexity index is 907. The quantitative estimate of drug-likeness (QED) is 0.242. The van der Waals surface area contributed by atoms with Crippen molar-refractivity contribution >= 4 is 23.6 Å². The van der Waals surface area contributed by atoms with Crippen LogP contribution < -0.4 is 11.1 Å². The van der Waals surface area contributed by atoms with Gasteiger partial charge in [0.1, 0.15) is 6.04 Å². The lowest BCUT2D eigenvalue weighted by molar-refractivity contribution is -0.136. The highest BCUT2D eigenvalue weighted by Gasteiger charge is 2.44. The zero-order valence-electron chi connectivity index (χ0n) is 19.8. The van der Waals surface area contributed by atoms with Crippen LogP contribution in [0.1, 0.15) is 45.5 Å². The Hall–Kier alpha value is -2.70.